The zero-order chi connectivity index (χ0) is 14.2. The molecule has 1 saturated carbocycles. The Balaban J connectivity index is 2.25. The van der Waals surface area contributed by atoms with Crippen LogP contribution in [-0.2, 0) is 4.79 Å². The third-order valence-corrected chi connectivity index (χ3v) is 5.43. The van der Waals surface area contributed by atoms with Gasteiger partial charge in [0.2, 0.25) is 5.91 Å². The SMILES string of the molecule is CCC1(C)NC(C2CCCC2)N(C(C)C(C)C)C1=O. The standard InChI is InChI=1S/C16H30N2O/c1-6-16(5)15(19)18(12(4)11(2)3)14(17-16)13-9-7-8-10-13/h11-14,17H,6-10H2,1-5H3. The lowest BCUT2D eigenvalue weighted by molar-refractivity contribution is -0.136. The molecule has 0 aromatic rings. The van der Waals surface area contributed by atoms with Crippen LogP contribution in [-0.4, -0.2) is 28.6 Å². The molecule has 3 heteroatoms. The predicted octanol–water partition coefficient (Wildman–Crippen LogP) is 3.15. The summed E-state index contributed by atoms with van der Waals surface area (Å²) in [6.07, 6.45) is 6.32. The molecular formula is C16H30N2O. The van der Waals surface area contributed by atoms with E-state index >= 15 is 0 Å². The van der Waals surface area contributed by atoms with E-state index in [0.29, 0.717) is 23.8 Å². The van der Waals surface area contributed by atoms with Crippen LogP contribution in [0.4, 0.5) is 0 Å². The molecule has 2 aliphatic rings. The van der Waals surface area contributed by atoms with Gasteiger partial charge in [0.15, 0.2) is 0 Å². The molecule has 0 bridgehead atoms. The van der Waals surface area contributed by atoms with Crippen molar-refractivity contribution < 1.29 is 4.79 Å². The van der Waals surface area contributed by atoms with Gasteiger partial charge in [-0.15, -0.1) is 0 Å². The average Bonchev–Trinajstić information content (AvgIpc) is 2.97. The number of carbonyl (C=O) groups excluding carboxylic acids is 1. The fourth-order valence-electron chi connectivity index (χ4n) is 3.50. The molecule has 2 rings (SSSR count). The van der Waals surface area contributed by atoms with Crippen LogP contribution in [0.15, 0.2) is 0 Å². The van der Waals surface area contributed by atoms with Crippen LogP contribution in [0.25, 0.3) is 0 Å². The lowest BCUT2D eigenvalue weighted by atomic mass is 9.97. The smallest absolute Gasteiger partial charge is 0.244 e. The maximum absolute atomic E-state index is 12.8. The second-order valence-corrected chi connectivity index (χ2v) is 7.02. The number of rotatable bonds is 4. The minimum Gasteiger partial charge on any atom is -0.322 e. The molecule has 0 radical (unpaired) electrons. The fourth-order valence-corrected chi connectivity index (χ4v) is 3.50. The molecule has 0 aromatic carbocycles. The number of nitrogens with one attached hydrogen (secondary N) is 1. The first-order chi connectivity index (χ1) is 8.90. The molecule has 19 heavy (non-hydrogen) atoms. The van der Waals surface area contributed by atoms with Gasteiger partial charge >= 0.3 is 0 Å². The van der Waals surface area contributed by atoms with Gasteiger partial charge in [-0.05, 0) is 44.9 Å². The van der Waals surface area contributed by atoms with Crippen molar-refractivity contribution in [3.05, 3.63) is 0 Å². The Morgan fingerprint density at radius 3 is 2.37 bits per heavy atom. The minimum absolute atomic E-state index is 0.261. The molecule has 2 fully saturated rings. The van der Waals surface area contributed by atoms with E-state index in [4.69, 9.17) is 0 Å². The minimum atomic E-state index is -0.351. The summed E-state index contributed by atoms with van der Waals surface area (Å²) in [5.74, 6) is 1.47. The molecule has 1 aliphatic carbocycles. The molecule has 3 atom stereocenters. The van der Waals surface area contributed by atoms with Gasteiger partial charge in [0, 0.05) is 6.04 Å². The molecule has 1 heterocycles. The van der Waals surface area contributed by atoms with Gasteiger partial charge in [0.1, 0.15) is 0 Å². The summed E-state index contributed by atoms with van der Waals surface area (Å²) in [5, 5.41) is 3.67. The lowest BCUT2D eigenvalue weighted by Crippen LogP contribution is -2.48. The van der Waals surface area contributed by atoms with Crippen molar-refractivity contribution in [2.75, 3.05) is 0 Å². The summed E-state index contributed by atoms with van der Waals surface area (Å²) < 4.78 is 0. The Bertz CT molecular complexity index is 336. The Hall–Kier alpha value is -0.570. The summed E-state index contributed by atoms with van der Waals surface area (Å²) >= 11 is 0. The van der Waals surface area contributed by atoms with Crippen LogP contribution in [0, 0.1) is 11.8 Å². The summed E-state index contributed by atoms with van der Waals surface area (Å²) in [6, 6.07) is 0.318. The maximum atomic E-state index is 12.8. The highest BCUT2D eigenvalue weighted by Crippen LogP contribution is 2.37. The van der Waals surface area contributed by atoms with Gasteiger partial charge in [0.25, 0.3) is 0 Å². The van der Waals surface area contributed by atoms with E-state index in [1.807, 2.05) is 0 Å². The molecule has 110 valence electrons. The molecule has 1 saturated heterocycles. The first kappa shape index (κ1) is 14.8. The highest BCUT2D eigenvalue weighted by atomic mass is 16.2. The predicted molar refractivity (Wildman–Crippen MR) is 78.7 cm³/mol. The zero-order valence-corrected chi connectivity index (χ0v) is 13.2. The summed E-state index contributed by atoms with van der Waals surface area (Å²) in [5.41, 5.74) is -0.351. The van der Waals surface area contributed by atoms with Crippen molar-refractivity contribution in [3.8, 4) is 0 Å². The van der Waals surface area contributed by atoms with E-state index in [-0.39, 0.29) is 11.7 Å². The topological polar surface area (TPSA) is 32.3 Å². The molecular weight excluding hydrogens is 236 g/mol. The average molecular weight is 266 g/mol. The lowest BCUT2D eigenvalue weighted by Gasteiger charge is -2.35. The number of hydrogen-bond donors (Lipinski definition) is 1. The van der Waals surface area contributed by atoms with Gasteiger partial charge in [-0.2, -0.15) is 0 Å². The van der Waals surface area contributed by atoms with Crippen molar-refractivity contribution in [1.29, 1.82) is 0 Å². The molecule has 0 aromatic heterocycles. The van der Waals surface area contributed by atoms with Crippen LogP contribution < -0.4 is 5.32 Å². The summed E-state index contributed by atoms with van der Waals surface area (Å²) in [6.45, 7) is 10.8. The van der Waals surface area contributed by atoms with Crippen LogP contribution in [0.5, 0.6) is 0 Å². The van der Waals surface area contributed by atoms with Gasteiger partial charge in [-0.25, -0.2) is 0 Å². The monoisotopic (exact) mass is 266 g/mol. The van der Waals surface area contributed by atoms with E-state index in [9.17, 15) is 4.79 Å². The Labute approximate surface area is 118 Å². The molecule has 0 spiro atoms. The third kappa shape index (κ3) is 2.54. The van der Waals surface area contributed by atoms with E-state index in [2.05, 4.69) is 44.8 Å². The Morgan fingerprint density at radius 2 is 1.89 bits per heavy atom. The molecule has 1 aliphatic heterocycles. The Kier molecular flexibility index (Phi) is 4.24. The number of carbonyl (C=O) groups is 1. The van der Waals surface area contributed by atoms with Crippen molar-refractivity contribution in [2.24, 2.45) is 11.8 Å². The van der Waals surface area contributed by atoms with Crippen molar-refractivity contribution in [1.82, 2.24) is 10.2 Å². The maximum Gasteiger partial charge on any atom is 0.244 e. The third-order valence-electron chi connectivity index (χ3n) is 5.43. The molecule has 1 amide bonds. The molecule has 3 nitrogen and oxygen atoms in total. The fraction of sp³-hybridized carbons (Fsp3) is 0.938. The normalized spacial score (nSPS) is 34.5. The van der Waals surface area contributed by atoms with Gasteiger partial charge in [-0.3, -0.25) is 10.1 Å². The van der Waals surface area contributed by atoms with Crippen LogP contribution >= 0.6 is 0 Å². The zero-order valence-electron chi connectivity index (χ0n) is 13.2. The summed E-state index contributed by atoms with van der Waals surface area (Å²) in [4.78, 5) is 15.0. The first-order valence-corrected chi connectivity index (χ1v) is 8.01. The summed E-state index contributed by atoms with van der Waals surface area (Å²) in [7, 11) is 0. The highest BCUT2D eigenvalue weighted by molar-refractivity contribution is 5.88. The Morgan fingerprint density at radius 1 is 1.32 bits per heavy atom. The van der Waals surface area contributed by atoms with Crippen molar-refractivity contribution in [2.45, 2.75) is 84.5 Å². The first-order valence-electron chi connectivity index (χ1n) is 8.01. The van der Waals surface area contributed by atoms with Gasteiger partial charge in [-0.1, -0.05) is 33.6 Å². The van der Waals surface area contributed by atoms with E-state index in [1.54, 1.807) is 0 Å². The molecule has 3 unspecified atom stereocenters. The highest BCUT2D eigenvalue weighted by Gasteiger charge is 2.51. The number of hydrogen-bond acceptors (Lipinski definition) is 2. The van der Waals surface area contributed by atoms with Crippen molar-refractivity contribution >= 4 is 5.91 Å². The number of amides is 1. The van der Waals surface area contributed by atoms with Crippen LogP contribution in [0.3, 0.4) is 0 Å². The van der Waals surface area contributed by atoms with E-state index in [1.165, 1.54) is 25.7 Å². The second-order valence-electron chi connectivity index (χ2n) is 7.02. The van der Waals surface area contributed by atoms with Crippen LogP contribution in [0.1, 0.15) is 66.7 Å². The van der Waals surface area contributed by atoms with E-state index < -0.39 is 0 Å². The van der Waals surface area contributed by atoms with Crippen LogP contribution in [0.2, 0.25) is 0 Å². The quantitative estimate of drug-likeness (QED) is 0.848. The van der Waals surface area contributed by atoms with Gasteiger partial charge in [0.05, 0.1) is 11.7 Å². The largest absolute Gasteiger partial charge is 0.322 e. The van der Waals surface area contributed by atoms with Crippen molar-refractivity contribution in [3.63, 3.8) is 0 Å². The van der Waals surface area contributed by atoms with Gasteiger partial charge < -0.3 is 4.90 Å². The molecule has 1 N–H and O–H groups in total. The van der Waals surface area contributed by atoms with E-state index in [0.717, 1.165) is 6.42 Å². The number of nitrogens with zero attached hydrogens (tertiary/aromatic N) is 1. The second kappa shape index (κ2) is 5.43.